The first-order valence-electron chi connectivity index (χ1n) is 21.1. The lowest BCUT2D eigenvalue weighted by molar-refractivity contribution is 0.768. The van der Waals surface area contributed by atoms with Crippen molar-refractivity contribution in [2.24, 2.45) is 0 Å². The Morgan fingerprint density at radius 3 is 1.21 bits per heavy atom. The van der Waals surface area contributed by atoms with Gasteiger partial charge < -0.3 is 0 Å². The van der Waals surface area contributed by atoms with Crippen molar-refractivity contribution in [1.29, 1.82) is 0 Å². The summed E-state index contributed by atoms with van der Waals surface area (Å²) in [5.74, 6) is 1.82. The van der Waals surface area contributed by atoms with E-state index in [1.807, 2.05) is 42.5 Å². The molecule has 0 spiro atoms. The SMILES string of the molecule is [C-]#[N+]c1ccc2c(c1)-c1cc(-c3cccc(-c4nc(-c5ccccc5)nc(-c5ccc(-c6ccc(-c7ccccc7)cc6)cc5)n4)c3)ccc1C2(c1ccccc1)c1ccccc1. The van der Waals surface area contributed by atoms with Crippen LogP contribution in [0.4, 0.5) is 5.69 Å². The molecule has 0 saturated carbocycles. The van der Waals surface area contributed by atoms with Gasteiger partial charge in [0.15, 0.2) is 23.2 Å². The first kappa shape index (κ1) is 37.5. The first-order valence-corrected chi connectivity index (χ1v) is 21.1. The fraction of sp³-hybridized carbons (Fsp3) is 0.0169. The molecule has 4 nitrogen and oxygen atoms in total. The molecule has 0 radical (unpaired) electrons. The summed E-state index contributed by atoms with van der Waals surface area (Å²) in [4.78, 5) is 19.1. The van der Waals surface area contributed by atoms with Gasteiger partial charge in [-0.05, 0) is 85.0 Å². The van der Waals surface area contributed by atoms with Crippen molar-refractivity contribution in [1.82, 2.24) is 15.0 Å². The Hall–Kier alpha value is -8.52. The van der Waals surface area contributed by atoms with Gasteiger partial charge in [-0.15, -0.1) is 0 Å². The summed E-state index contributed by atoms with van der Waals surface area (Å²) in [5, 5.41) is 0. The average molecular weight is 803 g/mol. The zero-order valence-corrected chi connectivity index (χ0v) is 34.2. The molecule has 1 aliphatic rings. The van der Waals surface area contributed by atoms with E-state index in [1.165, 1.54) is 33.4 Å². The standard InChI is InChI=1S/C59H38N4/c1-60-51-34-36-55-53(39-51)52-38-47(33-35-54(52)59(55,49-21-10-4-11-22-49)50-23-12-5-13-24-50)46-19-14-20-48(37-46)58-62-56(44-17-8-3-9-18-44)61-57(63-58)45-31-29-43(30-32-45)42-27-25-41(26-28-42)40-15-6-2-7-16-40/h2-39H. The highest BCUT2D eigenvalue weighted by molar-refractivity contribution is 5.90. The van der Waals surface area contributed by atoms with Gasteiger partial charge in [0, 0.05) is 16.7 Å². The summed E-state index contributed by atoms with van der Waals surface area (Å²) in [5.41, 5.74) is 16.5. The van der Waals surface area contributed by atoms with E-state index in [0.717, 1.165) is 50.1 Å². The monoisotopic (exact) mass is 802 g/mol. The number of nitrogens with zero attached hydrogens (tertiary/aromatic N) is 4. The second-order valence-electron chi connectivity index (χ2n) is 15.9. The maximum atomic E-state index is 7.92. The lowest BCUT2D eigenvalue weighted by Gasteiger charge is -2.34. The van der Waals surface area contributed by atoms with E-state index in [0.29, 0.717) is 23.2 Å². The molecule has 11 rings (SSSR count). The Kier molecular flexibility index (Phi) is 9.41. The van der Waals surface area contributed by atoms with Gasteiger partial charge in [0.2, 0.25) is 0 Å². The van der Waals surface area contributed by atoms with Crippen LogP contribution in [0.2, 0.25) is 0 Å². The van der Waals surface area contributed by atoms with Gasteiger partial charge in [0.25, 0.3) is 0 Å². The minimum absolute atomic E-state index is 0.547. The molecule has 0 saturated heterocycles. The number of hydrogen-bond acceptors (Lipinski definition) is 3. The third-order valence-electron chi connectivity index (χ3n) is 12.3. The van der Waals surface area contributed by atoms with Crippen molar-refractivity contribution in [3.63, 3.8) is 0 Å². The molecule has 63 heavy (non-hydrogen) atoms. The number of hydrogen-bond donors (Lipinski definition) is 0. The zero-order valence-electron chi connectivity index (χ0n) is 34.2. The molecule has 9 aromatic carbocycles. The molecule has 0 bridgehead atoms. The highest BCUT2D eigenvalue weighted by atomic mass is 15.0. The normalized spacial score (nSPS) is 12.2. The van der Waals surface area contributed by atoms with E-state index in [4.69, 9.17) is 21.5 Å². The summed E-state index contributed by atoms with van der Waals surface area (Å²) < 4.78 is 0. The predicted molar refractivity (Wildman–Crippen MR) is 256 cm³/mol. The Bertz CT molecular complexity index is 3260. The van der Waals surface area contributed by atoms with Crippen LogP contribution in [0.1, 0.15) is 22.3 Å². The van der Waals surface area contributed by atoms with Crippen LogP contribution < -0.4 is 0 Å². The molecule has 0 amide bonds. The molecule has 0 unspecified atom stereocenters. The van der Waals surface area contributed by atoms with Gasteiger partial charge >= 0.3 is 0 Å². The summed E-state index contributed by atoms with van der Waals surface area (Å²) in [6.45, 7) is 7.92. The average Bonchev–Trinajstić information content (AvgIpc) is 3.67. The Balaban J connectivity index is 0.991. The van der Waals surface area contributed by atoms with E-state index in [1.54, 1.807) is 0 Å². The van der Waals surface area contributed by atoms with Crippen LogP contribution >= 0.6 is 0 Å². The Morgan fingerprint density at radius 1 is 0.302 bits per heavy atom. The van der Waals surface area contributed by atoms with Gasteiger partial charge in [0.1, 0.15) is 0 Å². The van der Waals surface area contributed by atoms with Crippen molar-refractivity contribution in [3.05, 3.63) is 264 Å². The van der Waals surface area contributed by atoms with Crippen LogP contribution in [0, 0.1) is 6.57 Å². The lowest BCUT2D eigenvalue weighted by atomic mass is 9.67. The molecule has 1 aliphatic carbocycles. The molecule has 10 aromatic rings. The molecule has 0 atom stereocenters. The molecule has 1 aromatic heterocycles. The van der Waals surface area contributed by atoms with E-state index in [-0.39, 0.29) is 0 Å². The van der Waals surface area contributed by atoms with Crippen LogP contribution in [0.3, 0.4) is 0 Å². The molecular formula is C59H38N4. The molecule has 0 fully saturated rings. The quantitative estimate of drug-likeness (QED) is 0.144. The van der Waals surface area contributed by atoms with Gasteiger partial charge in [-0.2, -0.15) is 0 Å². The number of rotatable bonds is 8. The van der Waals surface area contributed by atoms with Crippen molar-refractivity contribution >= 4 is 5.69 Å². The number of aromatic nitrogens is 3. The highest BCUT2D eigenvalue weighted by Gasteiger charge is 2.46. The van der Waals surface area contributed by atoms with Crippen molar-refractivity contribution in [2.75, 3.05) is 0 Å². The van der Waals surface area contributed by atoms with E-state index in [2.05, 4.69) is 193 Å². The van der Waals surface area contributed by atoms with Gasteiger partial charge in [-0.1, -0.05) is 212 Å². The third kappa shape index (κ3) is 6.70. The summed E-state index contributed by atoms with van der Waals surface area (Å²) in [6.07, 6.45) is 0. The predicted octanol–water partition coefficient (Wildman–Crippen LogP) is 14.8. The molecule has 4 heteroatoms. The summed E-state index contributed by atoms with van der Waals surface area (Å²) in [7, 11) is 0. The Labute approximate surface area is 367 Å². The van der Waals surface area contributed by atoms with Crippen LogP contribution in [-0.4, -0.2) is 15.0 Å². The molecule has 0 aliphatic heterocycles. The fourth-order valence-corrected chi connectivity index (χ4v) is 9.22. The highest BCUT2D eigenvalue weighted by Crippen LogP contribution is 2.57. The second kappa shape index (κ2) is 15.8. The first-order chi connectivity index (χ1) is 31.2. The molecule has 294 valence electrons. The molecule has 1 heterocycles. The third-order valence-corrected chi connectivity index (χ3v) is 12.3. The van der Waals surface area contributed by atoms with E-state index < -0.39 is 5.41 Å². The van der Waals surface area contributed by atoms with Crippen LogP contribution in [0.15, 0.2) is 231 Å². The lowest BCUT2D eigenvalue weighted by Crippen LogP contribution is -2.28. The van der Waals surface area contributed by atoms with Crippen LogP contribution in [0.5, 0.6) is 0 Å². The minimum atomic E-state index is -0.547. The fourth-order valence-electron chi connectivity index (χ4n) is 9.22. The minimum Gasteiger partial charge on any atom is -0.238 e. The maximum Gasteiger partial charge on any atom is 0.187 e. The van der Waals surface area contributed by atoms with Crippen LogP contribution in [0.25, 0.3) is 83.5 Å². The van der Waals surface area contributed by atoms with Crippen molar-refractivity contribution in [2.45, 2.75) is 5.41 Å². The topological polar surface area (TPSA) is 43.0 Å². The smallest absolute Gasteiger partial charge is 0.187 e. The Morgan fingerprint density at radius 2 is 0.667 bits per heavy atom. The van der Waals surface area contributed by atoms with E-state index in [9.17, 15) is 0 Å². The largest absolute Gasteiger partial charge is 0.238 e. The van der Waals surface area contributed by atoms with Gasteiger partial charge in [-0.3, -0.25) is 0 Å². The zero-order chi connectivity index (χ0) is 42.2. The molecular weight excluding hydrogens is 765 g/mol. The van der Waals surface area contributed by atoms with Crippen molar-refractivity contribution < 1.29 is 0 Å². The van der Waals surface area contributed by atoms with Crippen LogP contribution in [-0.2, 0) is 5.41 Å². The van der Waals surface area contributed by atoms with Crippen molar-refractivity contribution in [3.8, 4) is 78.7 Å². The van der Waals surface area contributed by atoms with Gasteiger partial charge in [-0.25, -0.2) is 19.8 Å². The number of benzene rings is 9. The molecule has 0 N–H and O–H groups in total. The summed E-state index contributed by atoms with van der Waals surface area (Å²) in [6, 6.07) is 80.6. The number of fused-ring (bicyclic) bond motifs is 3. The van der Waals surface area contributed by atoms with Gasteiger partial charge in [0.05, 0.1) is 12.0 Å². The maximum absolute atomic E-state index is 7.92. The summed E-state index contributed by atoms with van der Waals surface area (Å²) >= 11 is 0. The van der Waals surface area contributed by atoms with E-state index >= 15 is 0 Å². The second-order valence-corrected chi connectivity index (χ2v) is 15.9.